The average Bonchev–Trinajstić information content (AvgIpc) is 2.43. The van der Waals surface area contributed by atoms with Gasteiger partial charge in [0, 0.05) is 20.8 Å². The second-order valence-electron chi connectivity index (χ2n) is 5.33. The van der Waals surface area contributed by atoms with Crippen LogP contribution < -0.4 is 5.32 Å². The molecule has 0 aromatic heterocycles. The fraction of sp³-hybridized carbons (Fsp3) is 0.294. The molecule has 0 fully saturated rings. The lowest BCUT2D eigenvalue weighted by atomic mass is 10.2. The molecule has 112 valence electrons. The molecule has 0 saturated heterocycles. The molecule has 0 heterocycles. The minimum absolute atomic E-state index is 0.202. The Kier molecular flexibility index (Phi) is 6.27. The van der Waals surface area contributed by atoms with Gasteiger partial charge < -0.3 is 5.32 Å². The minimum atomic E-state index is -0.202. The Balaban J connectivity index is 1.99. The summed E-state index contributed by atoms with van der Waals surface area (Å²) in [7, 11) is 0. The molecule has 0 bridgehead atoms. The maximum absolute atomic E-state index is 12.9. The number of benzene rings is 2. The molecule has 1 nitrogen and oxygen atoms in total. The number of halogens is 2. The molecule has 0 aliphatic carbocycles. The van der Waals surface area contributed by atoms with Crippen molar-refractivity contribution in [1.29, 1.82) is 0 Å². The zero-order valence-corrected chi connectivity index (χ0v) is 14.6. The minimum Gasteiger partial charge on any atom is -0.312 e. The Labute approximate surface area is 138 Å². The van der Waals surface area contributed by atoms with E-state index < -0.39 is 0 Å². The molecular weight excluding hydrogens is 349 g/mol. The summed E-state index contributed by atoms with van der Waals surface area (Å²) in [6, 6.07) is 12.9. The highest BCUT2D eigenvalue weighted by Crippen LogP contribution is 2.31. The van der Waals surface area contributed by atoms with Crippen LogP contribution in [0.4, 0.5) is 4.39 Å². The Hall–Kier alpha value is -0.840. The van der Waals surface area contributed by atoms with Crippen molar-refractivity contribution in [2.75, 3.05) is 6.54 Å². The number of rotatable bonds is 6. The van der Waals surface area contributed by atoms with Gasteiger partial charge in [0.2, 0.25) is 0 Å². The van der Waals surface area contributed by atoms with Crippen LogP contribution in [-0.2, 0) is 6.54 Å². The first-order chi connectivity index (χ1) is 10.0. The van der Waals surface area contributed by atoms with E-state index in [1.807, 2.05) is 0 Å². The van der Waals surface area contributed by atoms with Gasteiger partial charge >= 0.3 is 0 Å². The summed E-state index contributed by atoms with van der Waals surface area (Å²) in [6.07, 6.45) is 0. The number of nitrogens with one attached hydrogen (secondary N) is 1. The van der Waals surface area contributed by atoms with E-state index in [4.69, 9.17) is 0 Å². The summed E-state index contributed by atoms with van der Waals surface area (Å²) in [5, 5.41) is 3.44. The topological polar surface area (TPSA) is 12.0 Å². The predicted molar refractivity (Wildman–Crippen MR) is 91.2 cm³/mol. The first-order valence-corrected chi connectivity index (χ1v) is 8.58. The normalized spacial score (nSPS) is 11.1. The van der Waals surface area contributed by atoms with Gasteiger partial charge in [0.25, 0.3) is 0 Å². The Morgan fingerprint density at radius 1 is 1.10 bits per heavy atom. The van der Waals surface area contributed by atoms with Crippen LogP contribution >= 0.6 is 27.7 Å². The van der Waals surface area contributed by atoms with Crippen LogP contribution in [0.25, 0.3) is 0 Å². The van der Waals surface area contributed by atoms with Gasteiger partial charge in [-0.1, -0.05) is 47.6 Å². The Bertz CT molecular complexity index is 584. The fourth-order valence-electron chi connectivity index (χ4n) is 1.87. The third-order valence-electron chi connectivity index (χ3n) is 2.94. The van der Waals surface area contributed by atoms with Crippen molar-refractivity contribution in [3.63, 3.8) is 0 Å². The predicted octanol–water partition coefficient (Wildman–Crippen LogP) is 5.49. The van der Waals surface area contributed by atoms with Gasteiger partial charge in [-0.05, 0) is 54.4 Å². The van der Waals surface area contributed by atoms with Crippen LogP contribution in [0.2, 0.25) is 0 Å². The summed E-state index contributed by atoms with van der Waals surface area (Å²) in [5.41, 5.74) is 1.25. The molecule has 2 rings (SSSR count). The van der Waals surface area contributed by atoms with Crippen molar-refractivity contribution in [3.05, 3.63) is 58.3 Å². The van der Waals surface area contributed by atoms with Gasteiger partial charge in [-0.15, -0.1) is 0 Å². The van der Waals surface area contributed by atoms with E-state index in [1.54, 1.807) is 23.9 Å². The molecule has 0 aliphatic rings. The molecular formula is C17H19BrFNS. The van der Waals surface area contributed by atoms with Crippen molar-refractivity contribution < 1.29 is 4.39 Å². The van der Waals surface area contributed by atoms with Crippen LogP contribution in [0.15, 0.2) is 56.7 Å². The van der Waals surface area contributed by atoms with E-state index in [2.05, 4.69) is 53.3 Å². The van der Waals surface area contributed by atoms with E-state index in [0.717, 1.165) is 27.4 Å². The van der Waals surface area contributed by atoms with Crippen LogP contribution in [-0.4, -0.2) is 6.54 Å². The molecule has 2 aromatic carbocycles. The Morgan fingerprint density at radius 2 is 1.76 bits per heavy atom. The molecule has 0 saturated carbocycles. The summed E-state index contributed by atoms with van der Waals surface area (Å²) >= 11 is 5.26. The highest BCUT2D eigenvalue weighted by atomic mass is 79.9. The number of hydrogen-bond acceptors (Lipinski definition) is 2. The summed E-state index contributed by atoms with van der Waals surface area (Å²) in [6.45, 7) is 6.27. The maximum atomic E-state index is 12.9. The van der Waals surface area contributed by atoms with Crippen molar-refractivity contribution >= 4 is 27.7 Å². The molecule has 0 aliphatic heterocycles. The van der Waals surface area contributed by atoms with Crippen molar-refractivity contribution in [3.8, 4) is 0 Å². The van der Waals surface area contributed by atoms with E-state index in [-0.39, 0.29) is 5.82 Å². The monoisotopic (exact) mass is 367 g/mol. The molecule has 21 heavy (non-hydrogen) atoms. The third kappa shape index (κ3) is 5.46. The van der Waals surface area contributed by atoms with Gasteiger partial charge in [0.15, 0.2) is 0 Å². The molecule has 2 aromatic rings. The molecule has 1 N–H and O–H groups in total. The second-order valence-corrected chi connectivity index (χ2v) is 7.34. The lowest BCUT2D eigenvalue weighted by Gasteiger charge is -2.10. The second kappa shape index (κ2) is 7.97. The average molecular weight is 368 g/mol. The van der Waals surface area contributed by atoms with Crippen LogP contribution in [0.3, 0.4) is 0 Å². The van der Waals surface area contributed by atoms with Gasteiger partial charge in [-0.25, -0.2) is 4.39 Å². The molecule has 0 amide bonds. The lowest BCUT2D eigenvalue weighted by molar-refractivity contribution is 0.551. The van der Waals surface area contributed by atoms with Crippen molar-refractivity contribution in [2.24, 2.45) is 5.92 Å². The zero-order valence-electron chi connectivity index (χ0n) is 12.2. The number of hydrogen-bond donors (Lipinski definition) is 1. The summed E-state index contributed by atoms with van der Waals surface area (Å²) < 4.78 is 14.0. The largest absolute Gasteiger partial charge is 0.312 e. The standard InChI is InChI=1S/C17H19BrFNS/c1-12(2)10-20-11-13-3-6-16(9-17(13)18)21-15-7-4-14(19)5-8-15/h3-9,12,20H,10-11H2,1-2H3. The van der Waals surface area contributed by atoms with E-state index in [9.17, 15) is 4.39 Å². The first-order valence-electron chi connectivity index (χ1n) is 6.97. The lowest BCUT2D eigenvalue weighted by Crippen LogP contribution is -2.19. The highest BCUT2D eigenvalue weighted by Gasteiger charge is 2.04. The summed E-state index contributed by atoms with van der Waals surface area (Å²) in [4.78, 5) is 2.18. The molecule has 0 radical (unpaired) electrons. The smallest absolute Gasteiger partial charge is 0.123 e. The summed E-state index contributed by atoms with van der Waals surface area (Å²) in [5.74, 6) is 0.448. The van der Waals surface area contributed by atoms with Crippen LogP contribution in [0.1, 0.15) is 19.4 Å². The Morgan fingerprint density at radius 3 is 2.38 bits per heavy atom. The van der Waals surface area contributed by atoms with E-state index >= 15 is 0 Å². The maximum Gasteiger partial charge on any atom is 0.123 e. The quantitative estimate of drug-likeness (QED) is 0.724. The van der Waals surface area contributed by atoms with E-state index in [1.165, 1.54) is 17.7 Å². The van der Waals surface area contributed by atoms with Gasteiger partial charge in [-0.2, -0.15) is 0 Å². The highest BCUT2D eigenvalue weighted by molar-refractivity contribution is 9.10. The van der Waals surface area contributed by atoms with Crippen molar-refractivity contribution in [1.82, 2.24) is 5.32 Å². The molecule has 0 unspecified atom stereocenters. The third-order valence-corrected chi connectivity index (χ3v) is 4.68. The van der Waals surface area contributed by atoms with Crippen LogP contribution in [0, 0.1) is 11.7 Å². The molecule has 0 atom stereocenters. The van der Waals surface area contributed by atoms with Gasteiger partial charge in [0.1, 0.15) is 5.82 Å². The van der Waals surface area contributed by atoms with E-state index in [0.29, 0.717) is 5.92 Å². The SMILES string of the molecule is CC(C)CNCc1ccc(Sc2ccc(F)cc2)cc1Br. The fourth-order valence-corrected chi connectivity index (χ4v) is 3.40. The van der Waals surface area contributed by atoms with Crippen molar-refractivity contribution in [2.45, 2.75) is 30.2 Å². The van der Waals surface area contributed by atoms with Crippen LogP contribution in [0.5, 0.6) is 0 Å². The zero-order chi connectivity index (χ0) is 15.2. The molecule has 4 heteroatoms. The van der Waals surface area contributed by atoms with Gasteiger partial charge in [-0.3, -0.25) is 0 Å². The first kappa shape index (κ1) is 16.5. The molecule has 0 spiro atoms. The van der Waals surface area contributed by atoms with Gasteiger partial charge in [0.05, 0.1) is 0 Å².